The molecule has 0 amide bonds. The van der Waals surface area contributed by atoms with E-state index in [-0.39, 0.29) is 0 Å². The highest BCUT2D eigenvalue weighted by molar-refractivity contribution is 6.08. The van der Waals surface area contributed by atoms with E-state index in [4.69, 9.17) is 10.8 Å². The smallest absolute Gasteiger partial charge is 0.326 e. The van der Waals surface area contributed by atoms with Gasteiger partial charge in [0.2, 0.25) is 0 Å². The van der Waals surface area contributed by atoms with Gasteiger partial charge in [0.1, 0.15) is 13.4 Å². The third-order valence-electron chi connectivity index (χ3n) is 2.57. The number of aliphatic hydroxyl groups is 1. The Kier molecular flexibility index (Phi) is 5.80. The van der Waals surface area contributed by atoms with Crippen LogP contribution in [0.5, 0.6) is 0 Å². The molecule has 5 heteroatoms. The third kappa shape index (κ3) is 3.31. The SMILES string of the molecule is BCCCCC(N)(C(=O)O)C(O)CC. The number of hydrogen-bond acceptors (Lipinski definition) is 3. The van der Waals surface area contributed by atoms with Gasteiger partial charge in [0.05, 0.1) is 6.10 Å². The Bertz CT molecular complexity index is 189. The second-order valence-electron chi connectivity index (χ2n) is 3.73. The van der Waals surface area contributed by atoms with Gasteiger partial charge in [-0.15, -0.1) is 0 Å². The normalized spacial score (nSPS) is 17.4. The Morgan fingerprint density at radius 3 is 2.50 bits per heavy atom. The summed E-state index contributed by atoms with van der Waals surface area (Å²) in [6.45, 7) is 1.73. The molecule has 0 aliphatic heterocycles. The molecule has 14 heavy (non-hydrogen) atoms. The van der Waals surface area contributed by atoms with Crippen LogP contribution in [0.2, 0.25) is 6.32 Å². The predicted molar refractivity (Wildman–Crippen MR) is 58.1 cm³/mol. The lowest BCUT2D eigenvalue weighted by Crippen LogP contribution is -2.57. The fraction of sp³-hybridized carbons (Fsp3) is 0.889. The van der Waals surface area contributed by atoms with Crippen molar-refractivity contribution in [3.8, 4) is 0 Å². The zero-order valence-electron chi connectivity index (χ0n) is 8.99. The highest BCUT2D eigenvalue weighted by Gasteiger charge is 2.39. The molecule has 0 spiro atoms. The number of carboxylic acids is 1. The van der Waals surface area contributed by atoms with Gasteiger partial charge in [0.25, 0.3) is 0 Å². The maximum Gasteiger partial charge on any atom is 0.326 e. The van der Waals surface area contributed by atoms with Crippen LogP contribution >= 0.6 is 0 Å². The van der Waals surface area contributed by atoms with Crippen molar-refractivity contribution in [1.29, 1.82) is 0 Å². The Labute approximate surface area is 85.9 Å². The van der Waals surface area contributed by atoms with Crippen LogP contribution in [-0.4, -0.2) is 35.7 Å². The van der Waals surface area contributed by atoms with Crippen LogP contribution < -0.4 is 5.73 Å². The van der Waals surface area contributed by atoms with Crippen LogP contribution in [0.3, 0.4) is 0 Å². The first-order chi connectivity index (χ1) is 6.49. The number of aliphatic carboxylic acids is 1. The molecule has 0 bridgehead atoms. The molecular weight excluding hydrogens is 181 g/mol. The Balaban J connectivity index is 4.32. The summed E-state index contributed by atoms with van der Waals surface area (Å²) in [6, 6.07) is 0. The molecule has 0 radical (unpaired) electrons. The molecule has 0 saturated heterocycles. The van der Waals surface area contributed by atoms with Crippen molar-refractivity contribution in [2.24, 2.45) is 5.73 Å². The first-order valence-electron chi connectivity index (χ1n) is 5.19. The number of rotatable bonds is 7. The lowest BCUT2D eigenvalue weighted by molar-refractivity contribution is -0.148. The number of aliphatic hydroxyl groups excluding tert-OH is 1. The summed E-state index contributed by atoms with van der Waals surface area (Å²) in [7, 11) is 2.04. The molecule has 0 aromatic heterocycles. The van der Waals surface area contributed by atoms with Gasteiger partial charge in [-0.1, -0.05) is 26.1 Å². The topological polar surface area (TPSA) is 83.6 Å². The summed E-state index contributed by atoms with van der Waals surface area (Å²) >= 11 is 0. The number of carboxylic acid groups (broad SMARTS) is 1. The van der Waals surface area contributed by atoms with Crippen LogP contribution in [0, 0.1) is 0 Å². The zero-order valence-corrected chi connectivity index (χ0v) is 8.99. The molecule has 0 aliphatic rings. The van der Waals surface area contributed by atoms with Gasteiger partial charge in [0, 0.05) is 0 Å². The molecule has 2 atom stereocenters. The van der Waals surface area contributed by atoms with Gasteiger partial charge in [-0.25, -0.2) is 0 Å². The van der Waals surface area contributed by atoms with E-state index >= 15 is 0 Å². The van der Waals surface area contributed by atoms with Crippen LogP contribution in [0.1, 0.15) is 32.6 Å². The van der Waals surface area contributed by atoms with Gasteiger partial charge in [-0.2, -0.15) is 0 Å². The van der Waals surface area contributed by atoms with Crippen molar-refractivity contribution in [2.75, 3.05) is 0 Å². The van der Waals surface area contributed by atoms with Crippen molar-refractivity contribution in [3.63, 3.8) is 0 Å². The molecule has 82 valence electrons. The largest absolute Gasteiger partial charge is 0.480 e. The van der Waals surface area contributed by atoms with Gasteiger partial charge in [-0.05, 0) is 12.8 Å². The molecule has 0 aromatic carbocycles. The molecule has 2 unspecified atom stereocenters. The molecule has 0 rings (SSSR count). The second kappa shape index (κ2) is 6.04. The van der Waals surface area contributed by atoms with E-state index in [1.807, 2.05) is 7.85 Å². The van der Waals surface area contributed by atoms with Gasteiger partial charge in [0.15, 0.2) is 0 Å². The molecule has 0 saturated carbocycles. The van der Waals surface area contributed by atoms with Crippen LogP contribution in [0.15, 0.2) is 0 Å². The summed E-state index contributed by atoms with van der Waals surface area (Å²) in [6.07, 6.45) is 2.45. The Morgan fingerprint density at radius 1 is 1.57 bits per heavy atom. The van der Waals surface area contributed by atoms with Crippen molar-refractivity contribution in [3.05, 3.63) is 0 Å². The summed E-state index contributed by atoms with van der Waals surface area (Å²) in [5.41, 5.74) is 4.22. The first kappa shape index (κ1) is 13.5. The monoisotopic (exact) mass is 201 g/mol. The summed E-state index contributed by atoms with van der Waals surface area (Å²) in [5.74, 6) is -1.11. The number of hydrogen-bond donors (Lipinski definition) is 3. The molecule has 0 aliphatic carbocycles. The summed E-state index contributed by atoms with van der Waals surface area (Å²) < 4.78 is 0. The Morgan fingerprint density at radius 2 is 2.14 bits per heavy atom. The lowest BCUT2D eigenvalue weighted by Gasteiger charge is -2.29. The average molecular weight is 201 g/mol. The summed E-state index contributed by atoms with van der Waals surface area (Å²) in [4.78, 5) is 10.9. The van der Waals surface area contributed by atoms with Crippen LogP contribution in [0.25, 0.3) is 0 Å². The third-order valence-corrected chi connectivity index (χ3v) is 2.57. The molecule has 4 N–H and O–H groups in total. The average Bonchev–Trinajstić information content (AvgIpc) is 2.16. The highest BCUT2D eigenvalue weighted by Crippen LogP contribution is 2.19. The molecule has 0 heterocycles. The van der Waals surface area contributed by atoms with Crippen LogP contribution in [-0.2, 0) is 4.79 Å². The fourth-order valence-electron chi connectivity index (χ4n) is 1.45. The maximum atomic E-state index is 10.9. The van der Waals surface area contributed by atoms with Crippen LogP contribution in [0.4, 0.5) is 0 Å². The van der Waals surface area contributed by atoms with Crippen molar-refractivity contribution in [2.45, 2.75) is 50.6 Å². The first-order valence-corrected chi connectivity index (χ1v) is 5.19. The zero-order chi connectivity index (χ0) is 11.2. The number of nitrogens with two attached hydrogens (primary N) is 1. The van der Waals surface area contributed by atoms with E-state index in [0.29, 0.717) is 12.8 Å². The minimum absolute atomic E-state index is 0.338. The van der Waals surface area contributed by atoms with E-state index < -0.39 is 17.6 Å². The quantitative estimate of drug-likeness (QED) is 0.392. The van der Waals surface area contributed by atoms with Gasteiger partial charge in [-0.3, -0.25) is 4.79 Å². The number of unbranched alkanes of at least 4 members (excludes halogenated alkanes) is 1. The molecule has 4 nitrogen and oxygen atoms in total. The van der Waals surface area contributed by atoms with E-state index in [2.05, 4.69) is 0 Å². The summed E-state index contributed by atoms with van der Waals surface area (Å²) in [5, 5.41) is 18.5. The molecule has 0 fully saturated rings. The molecular formula is C9H20BNO3. The maximum absolute atomic E-state index is 10.9. The van der Waals surface area contributed by atoms with Crippen molar-refractivity contribution in [1.82, 2.24) is 0 Å². The highest BCUT2D eigenvalue weighted by atomic mass is 16.4. The van der Waals surface area contributed by atoms with Crippen molar-refractivity contribution >= 4 is 13.8 Å². The van der Waals surface area contributed by atoms with E-state index in [1.165, 1.54) is 0 Å². The molecule has 0 aromatic rings. The van der Waals surface area contributed by atoms with Gasteiger partial charge >= 0.3 is 5.97 Å². The van der Waals surface area contributed by atoms with E-state index in [0.717, 1.165) is 19.2 Å². The minimum Gasteiger partial charge on any atom is -0.480 e. The minimum atomic E-state index is -1.47. The second-order valence-corrected chi connectivity index (χ2v) is 3.73. The Hall–Kier alpha value is -0.545. The lowest BCUT2D eigenvalue weighted by atomic mass is 9.85. The predicted octanol–water partition coefficient (Wildman–Crippen LogP) is -0.239. The standard InChI is InChI=1S/C9H20BNO3/c1-2-7(12)9(11,8(13)14)5-3-4-6-10/h7,12H,2-6,10-11H2,1H3,(H,13,14). The number of carbonyl (C=O) groups is 1. The fourth-order valence-corrected chi connectivity index (χ4v) is 1.45. The van der Waals surface area contributed by atoms with Crippen molar-refractivity contribution < 1.29 is 15.0 Å². The van der Waals surface area contributed by atoms with Gasteiger partial charge < -0.3 is 15.9 Å². The van der Waals surface area contributed by atoms with E-state index in [1.54, 1.807) is 6.92 Å². The van der Waals surface area contributed by atoms with E-state index in [9.17, 15) is 9.90 Å².